The highest BCUT2D eigenvalue weighted by atomic mass is 127. The van der Waals surface area contributed by atoms with Gasteiger partial charge < -0.3 is 5.32 Å². The van der Waals surface area contributed by atoms with Crippen LogP contribution in [0.2, 0.25) is 0 Å². The van der Waals surface area contributed by atoms with E-state index >= 15 is 0 Å². The molecule has 0 aliphatic rings. The Kier molecular flexibility index (Phi) is 5.68. The molecule has 1 amide bonds. The van der Waals surface area contributed by atoms with E-state index in [0.29, 0.717) is 0 Å². The molecule has 15 heavy (non-hydrogen) atoms. The van der Waals surface area contributed by atoms with E-state index in [0.717, 1.165) is 22.1 Å². The van der Waals surface area contributed by atoms with Crippen LogP contribution in [-0.4, -0.2) is 12.5 Å². The van der Waals surface area contributed by atoms with Crippen molar-refractivity contribution in [1.82, 2.24) is 5.32 Å². The fraction of sp³-hybridized carbons (Fsp3) is 0.417. The number of hydrogen-bond donors (Lipinski definition) is 1. The van der Waals surface area contributed by atoms with Crippen LogP contribution in [0.3, 0.4) is 0 Å². The molecule has 0 bridgehead atoms. The van der Waals surface area contributed by atoms with Crippen LogP contribution in [0.4, 0.5) is 0 Å². The third-order valence-corrected chi connectivity index (χ3v) is 3.13. The van der Waals surface area contributed by atoms with Crippen LogP contribution < -0.4 is 5.32 Å². The molecule has 1 N–H and O–H groups in total. The molecule has 0 saturated heterocycles. The summed E-state index contributed by atoms with van der Waals surface area (Å²) >= 11 is 2.18. The lowest BCUT2D eigenvalue weighted by Crippen LogP contribution is -2.25. The van der Waals surface area contributed by atoms with Gasteiger partial charge >= 0.3 is 0 Å². The molecule has 1 aromatic rings. The van der Waals surface area contributed by atoms with E-state index in [9.17, 15) is 4.79 Å². The zero-order chi connectivity index (χ0) is 11.1. The van der Waals surface area contributed by atoms with Gasteiger partial charge in [-0.25, -0.2) is 0 Å². The van der Waals surface area contributed by atoms with Gasteiger partial charge in [-0.1, -0.05) is 31.9 Å². The molecule has 0 fully saturated rings. The van der Waals surface area contributed by atoms with Crippen molar-refractivity contribution in [3.63, 3.8) is 0 Å². The fourth-order valence-electron chi connectivity index (χ4n) is 1.32. The Morgan fingerprint density at radius 3 is 2.73 bits per heavy atom. The largest absolute Gasteiger partial charge is 0.352 e. The lowest BCUT2D eigenvalue weighted by Gasteiger charge is -2.05. The summed E-state index contributed by atoms with van der Waals surface area (Å²) in [7, 11) is 0. The number of rotatable bonds is 5. The van der Waals surface area contributed by atoms with Gasteiger partial charge in [0.15, 0.2) is 0 Å². The first-order valence-electron chi connectivity index (χ1n) is 5.28. The molecule has 0 heterocycles. The number of carbonyl (C=O) groups excluding carboxylic acids is 1. The lowest BCUT2D eigenvalue weighted by atomic mass is 10.2. The molecule has 82 valence electrons. The number of carbonyl (C=O) groups is 1. The quantitative estimate of drug-likeness (QED) is 0.656. The summed E-state index contributed by atoms with van der Waals surface area (Å²) in [6.45, 7) is 2.93. The van der Waals surface area contributed by atoms with Crippen LogP contribution >= 0.6 is 22.6 Å². The van der Waals surface area contributed by atoms with E-state index in [2.05, 4.69) is 34.8 Å². The van der Waals surface area contributed by atoms with Crippen molar-refractivity contribution >= 4 is 28.5 Å². The molecule has 0 aliphatic carbocycles. The van der Waals surface area contributed by atoms with E-state index in [1.807, 2.05) is 24.3 Å². The molecule has 1 rings (SSSR count). The Morgan fingerprint density at radius 2 is 2.07 bits per heavy atom. The van der Waals surface area contributed by atoms with Crippen LogP contribution in [0.15, 0.2) is 24.3 Å². The van der Waals surface area contributed by atoms with Gasteiger partial charge in [0.2, 0.25) is 0 Å². The molecule has 2 nitrogen and oxygen atoms in total. The van der Waals surface area contributed by atoms with Crippen molar-refractivity contribution in [1.29, 1.82) is 0 Å². The highest BCUT2D eigenvalue weighted by Gasteiger charge is 2.07. The minimum absolute atomic E-state index is 0.0381. The molecule has 1 aromatic carbocycles. The van der Waals surface area contributed by atoms with Crippen molar-refractivity contribution in [2.75, 3.05) is 6.54 Å². The number of benzene rings is 1. The summed E-state index contributed by atoms with van der Waals surface area (Å²) < 4.78 is 1.00. The van der Waals surface area contributed by atoms with Crippen LogP contribution in [-0.2, 0) is 0 Å². The maximum atomic E-state index is 11.7. The first-order chi connectivity index (χ1) is 7.25. The van der Waals surface area contributed by atoms with Gasteiger partial charge in [-0.05, 0) is 41.1 Å². The topological polar surface area (TPSA) is 29.1 Å². The summed E-state index contributed by atoms with van der Waals surface area (Å²) in [5.41, 5.74) is 0.773. The Labute approximate surface area is 105 Å². The first-order valence-corrected chi connectivity index (χ1v) is 6.36. The van der Waals surface area contributed by atoms with Crippen molar-refractivity contribution in [3.8, 4) is 0 Å². The molecule has 0 spiro atoms. The predicted octanol–water partition coefficient (Wildman–Crippen LogP) is 3.21. The van der Waals surface area contributed by atoms with Crippen LogP contribution in [0.1, 0.15) is 36.5 Å². The monoisotopic (exact) mass is 317 g/mol. The van der Waals surface area contributed by atoms with Crippen molar-refractivity contribution in [2.24, 2.45) is 0 Å². The Morgan fingerprint density at radius 1 is 1.33 bits per heavy atom. The lowest BCUT2D eigenvalue weighted by molar-refractivity contribution is 0.0952. The molecule has 0 aromatic heterocycles. The number of amides is 1. The van der Waals surface area contributed by atoms with Crippen LogP contribution in [0.5, 0.6) is 0 Å². The molecular weight excluding hydrogens is 301 g/mol. The average molecular weight is 317 g/mol. The molecule has 0 saturated carbocycles. The Balaban J connectivity index is 2.44. The van der Waals surface area contributed by atoms with E-state index in [-0.39, 0.29) is 5.91 Å². The molecule has 3 heteroatoms. The standard InChI is InChI=1S/C12H16INO/c1-2-3-6-9-14-12(15)10-7-4-5-8-11(10)13/h4-5,7-8H,2-3,6,9H2,1H3,(H,14,15). The highest BCUT2D eigenvalue weighted by Crippen LogP contribution is 2.10. The third kappa shape index (κ3) is 4.20. The maximum Gasteiger partial charge on any atom is 0.252 e. The maximum absolute atomic E-state index is 11.7. The van der Waals surface area contributed by atoms with Crippen molar-refractivity contribution in [3.05, 3.63) is 33.4 Å². The van der Waals surface area contributed by atoms with Gasteiger partial charge in [-0.15, -0.1) is 0 Å². The van der Waals surface area contributed by atoms with Gasteiger partial charge in [0.05, 0.1) is 5.56 Å². The van der Waals surface area contributed by atoms with Gasteiger partial charge in [0, 0.05) is 10.1 Å². The zero-order valence-electron chi connectivity index (χ0n) is 8.92. The van der Waals surface area contributed by atoms with Crippen molar-refractivity contribution < 1.29 is 4.79 Å². The zero-order valence-corrected chi connectivity index (χ0v) is 11.1. The summed E-state index contributed by atoms with van der Waals surface area (Å²) in [5, 5.41) is 2.93. The highest BCUT2D eigenvalue weighted by molar-refractivity contribution is 14.1. The minimum Gasteiger partial charge on any atom is -0.352 e. The van der Waals surface area contributed by atoms with Gasteiger partial charge in [-0.3, -0.25) is 4.79 Å². The Hall–Kier alpha value is -0.580. The first kappa shape index (κ1) is 12.5. The third-order valence-electron chi connectivity index (χ3n) is 2.18. The predicted molar refractivity (Wildman–Crippen MR) is 71.0 cm³/mol. The average Bonchev–Trinajstić information content (AvgIpc) is 2.25. The summed E-state index contributed by atoms with van der Waals surface area (Å²) in [6.07, 6.45) is 3.41. The molecule has 0 radical (unpaired) electrons. The van der Waals surface area contributed by atoms with E-state index in [1.165, 1.54) is 12.8 Å². The van der Waals surface area contributed by atoms with E-state index in [1.54, 1.807) is 0 Å². The van der Waals surface area contributed by atoms with Gasteiger partial charge in [0.1, 0.15) is 0 Å². The number of unbranched alkanes of at least 4 members (excludes halogenated alkanes) is 2. The summed E-state index contributed by atoms with van der Waals surface area (Å²) in [4.78, 5) is 11.7. The smallest absolute Gasteiger partial charge is 0.252 e. The molecule has 0 unspecified atom stereocenters. The second-order valence-corrected chi connectivity index (χ2v) is 4.61. The molecule has 0 aliphatic heterocycles. The minimum atomic E-state index is 0.0381. The summed E-state index contributed by atoms with van der Waals surface area (Å²) in [5.74, 6) is 0.0381. The molecule has 0 atom stereocenters. The van der Waals surface area contributed by atoms with Crippen LogP contribution in [0, 0.1) is 3.57 Å². The van der Waals surface area contributed by atoms with Crippen LogP contribution in [0.25, 0.3) is 0 Å². The Bertz CT molecular complexity index is 325. The van der Waals surface area contributed by atoms with E-state index in [4.69, 9.17) is 0 Å². The number of halogens is 1. The number of nitrogens with one attached hydrogen (secondary N) is 1. The van der Waals surface area contributed by atoms with Crippen molar-refractivity contribution in [2.45, 2.75) is 26.2 Å². The number of hydrogen-bond acceptors (Lipinski definition) is 1. The SMILES string of the molecule is CCCCCNC(=O)c1ccccc1I. The second kappa shape index (κ2) is 6.82. The second-order valence-electron chi connectivity index (χ2n) is 3.44. The fourth-order valence-corrected chi connectivity index (χ4v) is 1.95. The normalized spacial score (nSPS) is 10.0. The summed E-state index contributed by atoms with van der Waals surface area (Å²) in [6, 6.07) is 7.64. The van der Waals surface area contributed by atoms with E-state index < -0.39 is 0 Å². The van der Waals surface area contributed by atoms with Gasteiger partial charge in [-0.2, -0.15) is 0 Å². The van der Waals surface area contributed by atoms with Gasteiger partial charge in [0.25, 0.3) is 5.91 Å². The molecular formula is C12H16INO.